The van der Waals surface area contributed by atoms with Crippen molar-refractivity contribution in [3.8, 4) is 0 Å². The van der Waals surface area contributed by atoms with Crippen molar-refractivity contribution < 1.29 is 18.7 Å². The summed E-state index contributed by atoms with van der Waals surface area (Å²) in [6.45, 7) is 2.65. The van der Waals surface area contributed by atoms with Gasteiger partial charge in [-0.25, -0.2) is 4.39 Å². The molecule has 0 aromatic carbocycles. The SMILES string of the molecule is COC1C=C2CC(F)(CC3CCN(Cc4ccccn4)CC3)C(=O)C2=CC1OC. The number of likely N-dealkylation sites (tertiary alicyclic amines) is 1. The maximum absolute atomic E-state index is 15.8. The molecule has 3 aliphatic rings. The minimum atomic E-state index is -1.80. The number of carbonyl (C=O) groups is 1. The van der Waals surface area contributed by atoms with E-state index in [1.165, 1.54) is 0 Å². The van der Waals surface area contributed by atoms with Gasteiger partial charge in [0.25, 0.3) is 0 Å². The molecule has 156 valence electrons. The molecule has 1 saturated heterocycles. The number of hydrogen-bond acceptors (Lipinski definition) is 5. The number of pyridine rings is 1. The van der Waals surface area contributed by atoms with E-state index in [2.05, 4.69) is 9.88 Å². The summed E-state index contributed by atoms with van der Waals surface area (Å²) in [5, 5.41) is 0. The molecule has 4 rings (SSSR count). The summed E-state index contributed by atoms with van der Waals surface area (Å²) >= 11 is 0. The molecule has 1 aliphatic heterocycles. The third-order valence-corrected chi connectivity index (χ3v) is 6.46. The minimum absolute atomic E-state index is 0.155. The molecule has 2 heterocycles. The first-order chi connectivity index (χ1) is 14.0. The average molecular weight is 400 g/mol. The summed E-state index contributed by atoms with van der Waals surface area (Å²) in [5.74, 6) is -0.155. The Morgan fingerprint density at radius 3 is 2.55 bits per heavy atom. The van der Waals surface area contributed by atoms with Gasteiger partial charge in [-0.2, -0.15) is 0 Å². The summed E-state index contributed by atoms with van der Waals surface area (Å²) in [6, 6.07) is 5.95. The molecule has 1 aromatic heterocycles. The summed E-state index contributed by atoms with van der Waals surface area (Å²) in [6.07, 6.45) is 7.06. The Morgan fingerprint density at radius 2 is 1.90 bits per heavy atom. The molecule has 5 nitrogen and oxygen atoms in total. The predicted molar refractivity (Wildman–Crippen MR) is 108 cm³/mol. The van der Waals surface area contributed by atoms with Crippen LogP contribution in [0.5, 0.6) is 0 Å². The van der Waals surface area contributed by atoms with Crippen LogP contribution in [0.2, 0.25) is 0 Å². The van der Waals surface area contributed by atoms with Crippen LogP contribution in [-0.2, 0) is 20.8 Å². The molecule has 2 aliphatic carbocycles. The first-order valence-electron chi connectivity index (χ1n) is 10.4. The standard InChI is InChI=1S/C23H29FN2O3/c1-28-20-11-17-14-23(24,22(27)19(17)12-21(20)29-2)13-16-6-9-26(10-7-16)15-18-5-3-4-8-25-18/h3-5,8,11-12,16,20-21H,6-7,9-10,13-15H2,1-2H3. The number of ketones is 1. The summed E-state index contributed by atoms with van der Waals surface area (Å²) in [7, 11) is 3.18. The first-order valence-corrected chi connectivity index (χ1v) is 10.4. The lowest BCUT2D eigenvalue weighted by Crippen LogP contribution is -2.38. The molecule has 0 radical (unpaired) electrons. The van der Waals surface area contributed by atoms with E-state index in [4.69, 9.17) is 9.47 Å². The fourth-order valence-electron chi connectivity index (χ4n) is 4.84. The van der Waals surface area contributed by atoms with E-state index in [1.54, 1.807) is 20.3 Å². The smallest absolute Gasteiger partial charge is 0.200 e. The number of rotatable bonds is 6. The van der Waals surface area contributed by atoms with Crippen molar-refractivity contribution in [3.05, 3.63) is 53.4 Å². The van der Waals surface area contributed by atoms with E-state index < -0.39 is 5.67 Å². The number of fused-ring (bicyclic) bond motifs is 1. The highest BCUT2D eigenvalue weighted by Crippen LogP contribution is 2.45. The Morgan fingerprint density at radius 1 is 1.17 bits per heavy atom. The van der Waals surface area contributed by atoms with Gasteiger partial charge in [0.15, 0.2) is 11.5 Å². The summed E-state index contributed by atoms with van der Waals surface area (Å²) in [5.41, 5.74) is 0.513. The van der Waals surface area contributed by atoms with Crippen molar-refractivity contribution in [2.24, 2.45) is 5.92 Å². The third-order valence-electron chi connectivity index (χ3n) is 6.46. The number of piperidine rings is 1. The highest BCUT2D eigenvalue weighted by atomic mass is 19.1. The fraction of sp³-hybridized carbons (Fsp3) is 0.565. The van der Waals surface area contributed by atoms with Crippen molar-refractivity contribution in [1.82, 2.24) is 9.88 Å². The van der Waals surface area contributed by atoms with Crippen LogP contribution in [0, 0.1) is 5.92 Å². The summed E-state index contributed by atoms with van der Waals surface area (Å²) in [4.78, 5) is 19.6. The van der Waals surface area contributed by atoms with Crippen molar-refractivity contribution >= 4 is 5.78 Å². The number of hydrogen-bond donors (Lipinski definition) is 0. The van der Waals surface area contributed by atoms with Crippen LogP contribution < -0.4 is 0 Å². The monoisotopic (exact) mass is 400 g/mol. The van der Waals surface area contributed by atoms with Gasteiger partial charge in [-0.1, -0.05) is 6.07 Å². The normalized spacial score (nSPS) is 30.8. The lowest BCUT2D eigenvalue weighted by Gasteiger charge is -2.33. The molecular formula is C23H29FN2O3. The second-order valence-corrected chi connectivity index (χ2v) is 8.39. The number of carbonyl (C=O) groups excluding carboxylic acids is 1. The Hall–Kier alpha value is -1.89. The molecule has 29 heavy (non-hydrogen) atoms. The van der Waals surface area contributed by atoms with Gasteiger partial charge in [0.2, 0.25) is 0 Å². The molecule has 6 heteroatoms. The number of aromatic nitrogens is 1. The molecule has 0 bridgehead atoms. The number of allylic oxidation sites excluding steroid dienone is 2. The van der Waals surface area contributed by atoms with E-state index in [0.29, 0.717) is 12.0 Å². The first kappa shape index (κ1) is 20.4. The molecule has 0 amide bonds. The predicted octanol–water partition coefficient (Wildman–Crippen LogP) is 3.26. The van der Waals surface area contributed by atoms with E-state index in [9.17, 15) is 4.79 Å². The number of nitrogens with zero attached hydrogens (tertiary/aromatic N) is 2. The number of methoxy groups -OCH3 is 2. The minimum Gasteiger partial charge on any atom is -0.374 e. The highest BCUT2D eigenvalue weighted by molar-refractivity contribution is 6.09. The maximum Gasteiger partial charge on any atom is 0.200 e. The van der Waals surface area contributed by atoms with Crippen LogP contribution in [0.4, 0.5) is 4.39 Å². The molecule has 3 atom stereocenters. The summed E-state index contributed by atoms with van der Waals surface area (Å²) < 4.78 is 26.6. The zero-order chi connectivity index (χ0) is 20.4. The quantitative estimate of drug-likeness (QED) is 0.734. The van der Waals surface area contributed by atoms with Gasteiger partial charge < -0.3 is 9.47 Å². The molecule has 0 spiro atoms. The third kappa shape index (κ3) is 4.20. The second-order valence-electron chi connectivity index (χ2n) is 8.39. The highest BCUT2D eigenvalue weighted by Gasteiger charge is 2.51. The van der Waals surface area contributed by atoms with Gasteiger partial charge in [0.1, 0.15) is 12.2 Å². The molecular weight excluding hydrogens is 371 g/mol. The fourth-order valence-corrected chi connectivity index (χ4v) is 4.84. The van der Waals surface area contributed by atoms with Crippen LogP contribution in [-0.4, -0.2) is 60.9 Å². The topological polar surface area (TPSA) is 51.7 Å². The molecule has 1 aromatic rings. The number of ether oxygens (including phenoxy) is 2. The largest absolute Gasteiger partial charge is 0.374 e. The molecule has 0 N–H and O–H groups in total. The Balaban J connectivity index is 1.37. The van der Waals surface area contributed by atoms with E-state index >= 15 is 4.39 Å². The number of halogens is 1. The van der Waals surface area contributed by atoms with Crippen LogP contribution in [0.25, 0.3) is 0 Å². The van der Waals surface area contributed by atoms with Gasteiger partial charge in [-0.3, -0.25) is 14.7 Å². The van der Waals surface area contributed by atoms with E-state index in [1.807, 2.05) is 30.5 Å². The molecule has 1 saturated carbocycles. The second kappa shape index (κ2) is 8.46. The van der Waals surface area contributed by atoms with Gasteiger partial charge in [0.05, 0.1) is 5.69 Å². The average Bonchev–Trinajstić information content (AvgIpc) is 2.98. The van der Waals surface area contributed by atoms with Gasteiger partial charge in [-0.05, 0) is 68.1 Å². The van der Waals surface area contributed by atoms with Crippen LogP contribution in [0.1, 0.15) is 31.4 Å². The maximum atomic E-state index is 15.8. The van der Waals surface area contributed by atoms with Gasteiger partial charge in [0, 0.05) is 39.0 Å². The Kier molecular flexibility index (Phi) is 5.95. The van der Waals surface area contributed by atoms with E-state index in [0.717, 1.165) is 43.7 Å². The number of Topliss-reactive ketones (excluding diaryl/α,β-unsaturated/α-hetero) is 1. The Bertz CT molecular complexity index is 802. The molecule has 3 unspecified atom stereocenters. The lowest BCUT2D eigenvalue weighted by molar-refractivity contribution is -0.126. The van der Waals surface area contributed by atoms with Crippen molar-refractivity contribution in [1.29, 1.82) is 0 Å². The van der Waals surface area contributed by atoms with Crippen LogP contribution in [0.3, 0.4) is 0 Å². The van der Waals surface area contributed by atoms with E-state index in [-0.39, 0.29) is 30.3 Å². The number of alkyl halides is 1. The zero-order valence-electron chi connectivity index (χ0n) is 17.1. The molecule has 2 fully saturated rings. The van der Waals surface area contributed by atoms with Gasteiger partial charge in [-0.15, -0.1) is 0 Å². The zero-order valence-corrected chi connectivity index (χ0v) is 17.1. The Labute approximate surface area is 171 Å². The van der Waals surface area contributed by atoms with Crippen molar-refractivity contribution in [2.75, 3.05) is 27.3 Å². The van der Waals surface area contributed by atoms with Crippen LogP contribution in [0.15, 0.2) is 47.7 Å². The van der Waals surface area contributed by atoms with Crippen LogP contribution >= 0.6 is 0 Å². The van der Waals surface area contributed by atoms with Gasteiger partial charge >= 0.3 is 0 Å². The van der Waals surface area contributed by atoms with Crippen molar-refractivity contribution in [3.63, 3.8) is 0 Å². The van der Waals surface area contributed by atoms with Crippen molar-refractivity contribution in [2.45, 2.75) is 50.1 Å². The lowest BCUT2D eigenvalue weighted by atomic mass is 9.84.